The third-order valence-electron chi connectivity index (χ3n) is 7.28. The maximum absolute atomic E-state index is 14.3. The zero-order valence-corrected chi connectivity index (χ0v) is 22.1. The minimum absolute atomic E-state index is 0.131. The highest BCUT2D eigenvalue weighted by molar-refractivity contribution is 9.09. The molecule has 184 valence electrons. The van der Waals surface area contributed by atoms with E-state index in [-0.39, 0.29) is 41.0 Å². The van der Waals surface area contributed by atoms with E-state index in [0.717, 1.165) is 0 Å². The number of alkyl halides is 1. The minimum Gasteiger partial charge on any atom is -0.481 e. The summed E-state index contributed by atoms with van der Waals surface area (Å²) in [5.74, 6) is -3.55. The van der Waals surface area contributed by atoms with Crippen molar-refractivity contribution in [3.63, 3.8) is 0 Å². The van der Waals surface area contributed by atoms with Gasteiger partial charge < -0.3 is 20.0 Å². The molecule has 34 heavy (non-hydrogen) atoms. The van der Waals surface area contributed by atoms with E-state index in [1.807, 2.05) is 13.8 Å². The Morgan fingerprint density at radius 2 is 2.03 bits per heavy atom. The lowest BCUT2D eigenvalue weighted by Crippen LogP contribution is -2.58. The number of carbonyl (C=O) groups is 3. The summed E-state index contributed by atoms with van der Waals surface area (Å²) in [4.78, 5) is 43.4. The van der Waals surface area contributed by atoms with Gasteiger partial charge >= 0.3 is 5.97 Å². The minimum atomic E-state index is -1.03. The number of aliphatic hydroxyl groups excluding tert-OH is 1. The second-order valence-electron chi connectivity index (χ2n) is 9.46. The first-order valence-electron chi connectivity index (χ1n) is 11.2. The molecule has 3 unspecified atom stereocenters. The number of rotatable bonds is 8. The fourth-order valence-electron chi connectivity index (χ4n) is 5.83. The first-order valence-corrected chi connectivity index (χ1v) is 13.4. The van der Waals surface area contributed by atoms with E-state index < -0.39 is 34.6 Å². The molecule has 3 aliphatic heterocycles. The Labute approximate surface area is 216 Å². The Morgan fingerprint density at radius 1 is 1.38 bits per heavy atom. The standard InChI is InChI=1S/C24H28BrClN2O5S/c1-4-9-27(14-7-5-13(26)6-8-14)22(31)20-24-10-15(25)19(34-24)17(23(32)33)18(24)21(30)28(20)16(11-29)12(2)3/h4-8,12,15-20,29H,1,9-11H2,2-3H3,(H,32,33)/t15?,16-,17+,18-,19+,20?,24?/m0/s1. The topological polar surface area (TPSA) is 98.2 Å². The summed E-state index contributed by atoms with van der Waals surface area (Å²) in [6.45, 7) is 7.45. The number of thioether (sulfide) groups is 1. The van der Waals surface area contributed by atoms with Crippen LogP contribution in [0.1, 0.15) is 20.3 Å². The molecule has 2 bridgehead atoms. The number of hydrogen-bond donors (Lipinski definition) is 2. The maximum atomic E-state index is 14.3. The number of carboxylic acids is 1. The van der Waals surface area contributed by atoms with Crippen LogP contribution in [-0.2, 0) is 14.4 Å². The van der Waals surface area contributed by atoms with Crippen LogP contribution in [-0.4, -0.2) is 73.0 Å². The molecule has 2 N–H and O–H groups in total. The molecule has 1 spiro atoms. The molecule has 2 amide bonds. The average Bonchev–Trinajstić information content (AvgIpc) is 3.37. The van der Waals surface area contributed by atoms with Crippen molar-refractivity contribution in [2.24, 2.45) is 17.8 Å². The second kappa shape index (κ2) is 9.48. The van der Waals surface area contributed by atoms with Gasteiger partial charge in [0.1, 0.15) is 6.04 Å². The van der Waals surface area contributed by atoms with Gasteiger partial charge in [-0.05, 0) is 36.6 Å². The number of fused-ring (bicyclic) bond motifs is 1. The van der Waals surface area contributed by atoms with Gasteiger partial charge in [0.2, 0.25) is 5.91 Å². The van der Waals surface area contributed by atoms with Crippen LogP contribution < -0.4 is 4.90 Å². The number of amides is 2. The van der Waals surface area contributed by atoms with Crippen LogP contribution in [0.4, 0.5) is 5.69 Å². The van der Waals surface area contributed by atoms with Crippen LogP contribution in [0.2, 0.25) is 5.02 Å². The summed E-state index contributed by atoms with van der Waals surface area (Å²) in [5, 5.41) is 20.5. The Kier molecular flexibility index (Phi) is 7.12. The molecule has 0 aromatic heterocycles. The molecule has 7 nitrogen and oxygen atoms in total. The molecule has 3 fully saturated rings. The maximum Gasteiger partial charge on any atom is 0.308 e. The highest BCUT2D eigenvalue weighted by Gasteiger charge is 2.76. The fourth-order valence-corrected chi connectivity index (χ4v) is 9.54. The predicted molar refractivity (Wildman–Crippen MR) is 136 cm³/mol. The van der Waals surface area contributed by atoms with Crippen molar-refractivity contribution < 1.29 is 24.6 Å². The number of anilines is 1. The van der Waals surface area contributed by atoms with Gasteiger partial charge in [0.25, 0.3) is 5.91 Å². The summed E-state index contributed by atoms with van der Waals surface area (Å²) < 4.78 is -0.899. The molecule has 7 atom stereocenters. The average molecular weight is 572 g/mol. The van der Waals surface area contributed by atoms with Crippen molar-refractivity contribution in [2.45, 2.75) is 47.2 Å². The van der Waals surface area contributed by atoms with Crippen LogP contribution >= 0.6 is 39.3 Å². The van der Waals surface area contributed by atoms with E-state index in [1.54, 1.807) is 35.2 Å². The van der Waals surface area contributed by atoms with Crippen LogP contribution in [0, 0.1) is 17.8 Å². The summed E-state index contributed by atoms with van der Waals surface area (Å²) in [5.41, 5.74) is 0.606. The van der Waals surface area contributed by atoms with Gasteiger partial charge in [-0.15, -0.1) is 18.3 Å². The molecule has 3 heterocycles. The van der Waals surface area contributed by atoms with Gasteiger partial charge in [-0.1, -0.05) is 47.5 Å². The number of hydrogen-bond acceptors (Lipinski definition) is 5. The van der Waals surface area contributed by atoms with E-state index in [2.05, 4.69) is 22.5 Å². The quantitative estimate of drug-likeness (QED) is 0.367. The number of halogens is 2. The summed E-state index contributed by atoms with van der Waals surface area (Å²) in [6.07, 6.45) is 2.11. The van der Waals surface area contributed by atoms with E-state index in [9.17, 15) is 24.6 Å². The highest BCUT2D eigenvalue weighted by atomic mass is 79.9. The predicted octanol–water partition coefficient (Wildman–Crippen LogP) is 3.43. The number of nitrogens with zero attached hydrogens (tertiary/aromatic N) is 2. The van der Waals surface area contributed by atoms with E-state index in [1.165, 1.54) is 16.7 Å². The molecule has 0 radical (unpaired) electrons. The molecule has 1 aromatic rings. The van der Waals surface area contributed by atoms with Crippen LogP contribution in [0.25, 0.3) is 0 Å². The highest BCUT2D eigenvalue weighted by Crippen LogP contribution is 2.68. The lowest BCUT2D eigenvalue weighted by Gasteiger charge is -2.40. The number of benzene rings is 1. The normalized spacial score (nSPS) is 32.7. The van der Waals surface area contributed by atoms with Crippen LogP contribution in [0.15, 0.2) is 36.9 Å². The smallest absolute Gasteiger partial charge is 0.308 e. The summed E-state index contributed by atoms with van der Waals surface area (Å²) in [7, 11) is 0. The number of likely N-dealkylation sites (tertiary alicyclic amines) is 1. The Balaban J connectivity index is 1.86. The molecular formula is C24H28BrClN2O5S. The van der Waals surface area contributed by atoms with E-state index in [4.69, 9.17) is 11.6 Å². The first-order chi connectivity index (χ1) is 16.1. The monoisotopic (exact) mass is 570 g/mol. The largest absolute Gasteiger partial charge is 0.481 e. The Hall–Kier alpha value is -1.55. The van der Waals surface area contributed by atoms with Crippen molar-refractivity contribution >= 4 is 62.8 Å². The number of aliphatic hydroxyl groups is 1. The van der Waals surface area contributed by atoms with Gasteiger partial charge in [-0.3, -0.25) is 14.4 Å². The molecule has 3 aliphatic rings. The number of carboxylic acid groups (broad SMARTS) is 1. The second-order valence-corrected chi connectivity index (χ2v) is 12.6. The van der Waals surface area contributed by atoms with E-state index in [0.29, 0.717) is 17.1 Å². The van der Waals surface area contributed by atoms with Crippen molar-refractivity contribution in [1.29, 1.82) is 0 Å². The third kappa shape index (κ3) is 3.79. The lowest BCUT2D eigenvalue weighted by atomic mass is 9.71. The van der Waals surface area contributed by atoms with Crippen molar-refractivity contribution in [1.82, 2.24) is 4.90 Å². The van der Waals surface area contributed by atoms with Gasteiger partial charge in [0.15, 0.2) is 0 Å². The molecule has 0 saturated carbocycles. The molecule has 0 aliphatic carbocycles. The molecule has 3 saturated heterocycles. The lowest BCUT2D eigenvalue weighted by molar-refractivity contribution is -0.149. The van der Waals surface area contributed by atoms with E-state index >= 15 is 0 Å². The van der Waals surface area contributed by atoms with Gasteiger partial charge in [-0.2, -0.15) is 0 Å². The van der Waals surface area contributed by atoms with Crippen molar-refractivity contribution in [3.05, 3.63) is 41.9 Å². The Bertz CT molecular complexity index is 1010. The summed E-state index contributed by atoms with van der Waals surface area (Å²) >= 11 is 11.1. The summed E-state index contributed by atoms with van der Waals surface area (Å²) in [6, 6.07) is 5.32. The third-order valence-corrected chi connectivity index (χ3v) is 10.7. The van der Waals surface area contributed by atoms with Crippen molar-refractivity contribution in [3.8, 4) is 0 Å². The molecular weight excluding hydrogens is 544 g/mol. The van der Waals surface area contributed by atoms with Crippen LogP contribution in [0.3, 0.4) is 0 Å². The molecule has 10 heteroatoms. The Morgan fingerprint density at radius 3 is 2.56 bits per heavy atom. The zero-order chi connectivity index (χ0) is 24.9. The number of carbonyl (C=O) groups excluding carboxylic acids is 2. The van der Waals surface area contributed by atoms with Gasteiger partial charge in [0.05, 0.1) is 29.2 Å². The zero-order valence-electron chi connectivity index (χ0n) is 18.9. The van der Waals surface area contributed by atoms with Crippen LogP contribution in [0.5, 0.6) is 0 Å². The van der Waals surface area contributed by atoms with Gasteiger partial charge in [-0.25, -0.2) is 0 Å². The van der Waals surface area contributed by atoms with Gasteiger partial charge in [0, 0.05) is 27.3 Å². The number of aliphatic carboxylic acids is 1. The van der Waals surface area contributed by atoms with Crippen molar-refractivity contribution in [2.75, 3.05) is 18.1 Å². The molecule has 1 aromatic carbocycles. The SMILES string of the molecule is C=CCN(C(=O)C1N([C@@H](CO)C(C)C)C(=O)[C@@H]2[C@@H](C(=O)O)[C@@H]3SC12CC3Br)c1ccc(Cl)cc1. The molecule has 4 rings (SSSR count). The fraction of sp³-hybridized carbons (Fsp3) is 0.542. The first kappa shape index (κ1) is 25.5.